The van der Waals surface area contributed by atoms with E-state index in [-0.39, 0.29) is 0 Å². The van der Waals surface area contributed by atoms with Crippen LogP contribution in [0, 0.1) is 0 Å². The first-order valence-corrected chi connectivity index (χ1v) is 6.86. The summed E-state index contributed by atoms with van der Waals surface area (Å²) in [6, 6.07) is 8.79. The lowest BCUT2D eigenvalue weighted by atomic mass is 10.1. The number of anilines is 1. The number of rotatable bonds is 9. The van der Waals surface area contributed by atoms with Gasteiger partial charge in [-0.2, -0.15) is 0 Å². The zero-order valence-corrected chi connectivity index (χ0v) is 11.9. The van der Waals surface area contributed by atoms with Gasteiger partial charge in [0.25, 0.3) is 0 Å². The lowest BCUT2D eigenvalue weighted by molar-refractivity contribution is 0.149. The molecule has 0 unspecified atom stereocenters. The smallest absolute Gasteiger partial charge is 0.0590 e. The number of hydrogen-bond donors (Lipinski definition) is 1. The fourth-order valence-electron chi connectivity index (χ4n) is 1.78. The monoisotopic (exact) mass is 250 g/mol. The third-order valence-corrected chi connectivity index (χ3v) is 3.04. The Bertz CT molecular complexity index is 311. The van der Waals surface area contributed by atoms with Crippen LogP contribution in [0.3, 0.4) is 0 Å². The van der Waals surface area contributed by atoms with Crippen LogP contribution in [0.15, 0.2) is 24.3 Å². The molecule has 0 spiro atoms. The van der Waals surface area contributed by atoms with E-state index < -0.39 is 0 Å². The molecule has 0 aromatic heterocycles. The van der Waals surface area contributed by atoms with Crippen molar-refractivity contribution < 1.29 is 4.74 Å². The number of nitrogens with one attached hydrogen (secondary N) is 1. The van der Waals surface area contributed by atoms with Crippen LogP contribution in [0.1, 0.15) is 19.4 Å². The first-order chi connectivity index (χ1) is 8.77. The number of hydrogen-bond acceptors (Lipinski definition) is 3. The van der Waals surface area contributed by atoms with Crippen molar-refractivity contribution >= 4 is 5.69 Å². The van der Waals surface area contributed by atoms with Gasteiger partial charge in [0.1, 0.15) is 0 Å². The van der Waals surface area contributed by atoms with E-state index in [0.717, 1.165) is 39.3 Å². The zero-order chi connectivity index (χ0) is 13.2. The van der Waals surface area contributed by atoms with Crippen LogP contribution in [0.5, 0.6) is 0 Å². The van der Waals surface area contributed by atoms with Gasteiger partial charge in [0, 0.05) is 39.0 Å². The number of aryl methyl sites for hydroxylation is 1. The van der Waals surface area contributed by atoms with Crippen LogP contribution in [-0.4, -0.2) is 39.9 Å². The quantitative estimate of drug-likeness (QED) is 0.681. The Morgan fingerprint density at radius 2 is 1.83 bits per heavy atom. The maximum absolute atomic E-state index is 5.27. The van der Waals surface area contributed by atoms with Gasteiger partial charge in [-0.25, -0.2) is 0 Å². The molecule has 0 atom stereocenters. The fraction of sp³-hybridized carbons (Fsp3) is 0.600. The molecule has 0 saturated heterocycles. The van der Waals surface area contributed by atoms with Crippen molar-refractivity contribution in [3.05, 3.63) is 29.8 Å². The molecule has 18 heavy (non-hydrogen) atoms. The van der Waals surface area contributed by atoms with E-state index in [2.05, 4.69) is 48.5 Å². The highest BCUT2D eigenvalue weighted by Crippen LogP contribution is 2.13. The summed E-state index contributed by atoms with van der Waals surface area (Å²) in [6.07, 6.45) is 1.10. The Hall–Kier alpha value is -1.06. The SMILES string of the molecule is CCOCCNCCN(C)c1ccc(CC)cc1. The molecular formula is C15H26N2O. The topological polar surface area (TPSA) is 24.5 Å². The molecule has 0 radical (unpaired) electrons. The zero-order valence-electron chi connectivity index (χ0n) is 11.9. The normalized spacial score (nSPS) is 10.6. The summed E-state index contributed by atoms with van der Waals surface area (Å²) in [4.78, 5) is 2.27. The fourth-order valence-corrected chi connectivity index (χ4v) is 1.78. The van der Waals surface area contributed by atoms with Crippen LogP contribution in [0.2, 0.25) is 0 Å². The van der Waals surface area contributed by atoms with Gasteiger partial charge in [-0.3, -0.25) is 0 Å². The Kier molecular flexibility index (Phi) is 7.46. The highest BCUT2D eigenvalue weighted by atomic mass is 16.5. The van der Waals surface area contributed by atoms with Gasteiger partial charge in [0.2, 0.25) is 0 Å². The van der Waals surface area contributed by atoms with Crippen molar-refractivity contribution in [1.82, 2.24) is 5.32 Å². The lowest BCUT2D eigenvalue weighted by Crippen LogP contribution is -2.31. The van der Waals surface area contributed by atoms with E-state index in [9.17, 15) is 0 Å². The van der Waals surface area contributed by atoms with E-state index in [0.29, 0.717) is 0 Å². The summed E-state index contributed by atoms with van der Waals surface area (Å²) in [5.41, 5.74) is 2.67. The molecule has 1 N–H and O–H groups in total. The van der Waals surface area contributed by atoms with Crippen LogP contribution in [0.25, 0.3) is 0 Å². The van der Waals surface area contributed by atoms with Gasteiger partial charge in [-0.15, -0.1) is 0 Å². The summed E-state index contributed by atoms with van der Waals surface area (Å²) in [7, 11) is 2.13. The van der Waals surface area contributed by atoms with E-state index >= 15 is 0 Å². The van der Waals surface area contributed by atoms with E-state index in [4.69, 9.17) is 4.74 Å². The third-order valence-electron chi connectivity index (χ3n) is 3.04. The minimum atomic E-state index is 0.797. The first kappa shape index (κ1) is 15.0. The molecule has 0 aliphatic carbocycles. The van der Waals surface area contributed by atoms with Gasteiger partial charge in [-0.05, 0) is 31.0 Å². The van der Waals surface area contributed by atoms with Crippen molar-refractivity contribution in [3.63, 3.8) is 0 Å². The number of likely N-dealkylation sites (N-methyl/N-ethyl adjacent to an activating group) is 1. The largest absolute Gasteiger partial charge is 0.380 e. The third kappa shape index (κ3) is 5.52. The first-order valence-electron chi connectivity index (χ1n) is 6.86. The van der Waals surface area contributed by atoms with E-state index in [1.165, 1.54) is 11.3 Å². The Morgan fingerprint density at radius 1 is 1.11 bits per heavy atom. The summed E-state index contributed by atoms with van der Waals surface area (Å²) in [5.74, 6) is 0. The predicted octanol–water partition coefficient (Wildman–Crippen LogP) is 2.31. The minimum Gasteiger partial charge on any atom is -0.380 e. The molecule has 0 amide bonds. The molecule has 1 rings (SSSR count). The summed E-state index contributed by atoms with van der Waals surface area (Å²) < 4.78 is 5.27. The number of benzene rings is 1. The second-order valence-electron chi connectivity index (χ2n) is 4.39. The maximum Gasteiger partial charge on any atom is 0.0590 e. The molecule has 0 aliphatic rings. The van der Waals surface area contributed by atoms with E-state index in [1.54, 1.807) is 0 Å². The molecule has 102 valence electrons. The summed E-state index contributed by atoms with van der Waals surface area (Å²) in [6.45, 7) is 8.72. The average molecular weight is 250 g/mol. The second kappa shape index (κ2) is 8.95. The molecule has 0 saturated carbocycles. The van der Waals surface area contributed by atoms with Crippen molar-refractivity contribution in [1.29, 1.82) is 0 Å². The van der Waals surface area contributed by atoms with Gasteiger partial charge in [0.05, 0.1) is 6.61 Å². The van der Waals surface area contributed by atoms with Crippen LogP contribution in [-0.2, 0) is 11.2 Å². The van der Waals surface area contributed by atoms with Crippen molar-refractivity contribution in [2.24, 2.45) is 0 Å². The van der Waals surface area contributed by atoms with E-state index in [1.807, 2.05) is 6.92 Å². The second-order valence-corrected chi connectivity index (χ2v) is 4.39. The predicted molar refractivity (Wildman–Crippen MR) is 78.5 cm³/mol. The van der Waals surface area contributed by atoms with Crippen LogP contribution >= 0.6 is 0 Å². The van der Waals surface area contributed by atoms with Gasteiger partial charge in [0.15, 0.2) is 0 Å². The van der Waals surface area contributed by atoms with Crippen molar-refractivity contribution in [2.75, 3.05) is 44.8 Å². The lowest BCUT2D eigenvalue weighted by Gasteiger charge is -2.19. The Morgan fingerprint density at radius 3 is 2.44 bits per heavy atom. The molecule has 3 nitrogen and oxygen atoms in total. The Balaban J connectivity index is 2.21. The summed E-state index contributed by atoms with van der Waals surface area (Å²) in [5, 5.41) is 3.38. The number of ether oxygens (including phenoxy) is 1. The maximum atomic E-state index is 5.27. The molecule has 1 aromatic carbocycles. The van der Waals surface area contributed by atoms with Crippen molar-refractivity contribution in [3.8, 4) is 0 Å². The van der Waals surface area contributed by atoms with Crippen LogP contribution < -0.4 is 10.2 Å². The number of nitrogens with zero attached hydrogens (tertiary/aromatic N) is 1. The molecule has 0 bridgehead atoms. The van der Waals surface area contributed by atoms with Gasteiger partial charge in [-0.1, -0.05) is 19.1 Å². The molecule has 0 fully saturated rings. The Labute approximate surface area is 111 Å². The molecule has 0 heterocycles. The minimum absolute atomic E-state index is 0.797. The van der Waals surface area contributed by atoms with Gasteiger partial charge < -0.3 is 15.0 Å². The highest BCUT2D eigenvalue weighted by Gasteiger charge is 1.99. The highest BCUT2D eigenvalue weighted by molar-refractivity contribution is 5.46. The molecular weight excluding hydrogens is 224 g/mol. The van der Waals surface area contributed by atoms with Gasteiger partial charge >= 0.3 is 0 Å². The molecule has 0 aliphatic heterocycles. The standard InChI is InChI=1S/C15H26N2O/c1-4-14-6-8-15(9-7-14)17(3)12-10-16-11-13-18-5-2/h6-9,16H,4-5,10-13H2,1-3H3. The molecule has 3 heteroatoms. The average Bonchev–Trinajstić information content (AvgIpc) is 2.42. The molecule has 1 aromatic rings. The van der Waals surface area contributed by atoms with Crippen molar-refractivity contribution in [2.45, 2.75) is 20.3 Å². The van der Waals surface area contributed by atoms with Crippen LogP contribution in [0.4, 0.5) is 5.69 Å². The summed E-state index contributed by atoms with van der Waals surface area (Å²) >= 11 is 0.